The summed E-state index contributed by atoms with van der Waals surface area (Å²) in [7, 11) is 3.39. The van der Waals surface area contributed by atoms with E-state index in [0.29, 0.717) is 22.2 Å². The molecule has 0 radical (unpaired) electrons. The molecule has 0 aliphatic rings. The Morgan fingerprint density at radius 2 is 2.17 bits per heavy atom. The molecule has 18 heavy (non-hydrogen) atoms. The first-order chi connectivity index (χ1) is 8.58. The van der Waals surface area contributed by atoms with Crippen LogP contribution in [-0.2, 0) is 7.05 Å². The number of benzene rings is 1. The molecule has 5 heteroatoms. The summed E-state index contributed by atoms with van der Waals surface area (Å²) in [5, 5.41) is 9.70. The first-order valence-corrected chi connectivity index (χ1v) is 5.73. The average molecular weight is 262 g/mol. The van der Waals surface area contributed by atoms with Crippen LogP contribution in [0, 0.1) is 18.3 Å². The number of rotatable bonds is 2. The lowest BCUT2D eigenvalue weighted by atomic mass is 10.1. The second-order valence-corrected chi connectivity index (χ2v) is 4.28. The van der Waals surface area contributed by atoms with E-state index in [1.54, 1.807) is 23.8 Å². The number of aryl methyl sites for hydroxylation is 1. The summed E-state index contributed by atoms with van der Waals surface area (Å²) < 4.78 is 6.84. The zero-order chi connectivity index (χ0) is 13.3. The van der Waals surface area contributed by atoms with Gasteiger partial charge in [-0.25, -0.2) is 4.98 Å². The van der Waals surface area contributed by atoms with Gasteiger partial charge in [-0.2, -0.15) is 5.26 Å². The van der Waals surface area contributed by atoms with E-state index < -0.39 is 0 Å². The van der Waals surface area contributed by atoms with Crippen LogP contribution in [0.25, 0.3) is 11.3 Å². The Morgan fingerprint density at radius 1 is 1.44 bits per heavy atom. The van der Waals surface area contributed by atoms with Gasteiger partial charge in [0.25, 0.3) is 0 Å². The van der Waals surface area contributed by atoms with E-state index in [1.807, 2.05) is 20.0 Å². The van der Waals surface area contributed by atoms with Crippen molar-refractivity contribution < 1.29 is 4.74 Å². The fraction of sp³-hybridized carbons (Fsp3) is 0.231. The fourth-order valence-corrected chi connectivity index (χ4v) is 2.00. The van der Waals surface area contributed by atoms with Crippen LogP contribution in [-0.4, -0.2) is 16.7 Å². The summed E-state index contributed by atoms with van der Waals surface area (Å²) in [5.74, 6) is 1.45. The first-order valence-electron chi connectivity index (χ1n) is 5.35. The van der Waals surface area contributed by atoms with Gasteiger partial charge in [0.2, 0.25) is 0 Å². The SMILES string of the molecule is COc1ccc(-c2nc(C)n(C)c2C#N)c(Cl)c1. The van der Waals surface area contributed by atoms with Crippen molar-refractivity contribution in [1.82, 2.24) is 9.55 Å². The van der Waals surface area contributed by atoms with Gasteiger partial charge in [-0.3, -0.25) is 0 Å². The highest BCUT2D eigenvalue weighted by Crippen LogP contribution is 2.32. The van der Waals surface area contributed by atoms with Crippen molar-refractivity contribution in [3.8, 4) is 23.1 Å². The summed E-state index contributed by atoms with van der Waals surface area (Å²) >= 11 is 6.19. The minimum atomic E-state index is 0.500. The second-order valence-electron chi connectivity index (χ2n) is 3.87. The van der Waals surface area contributed by atoms with Crippen molar-refractivity contribution in [2.75, 3.05) is 7.11 Å². The second kappa shape index (κ2) is 4.71. The maximum atomic E-state index is 9.19. The highest BCUT2D eigenvalue weighted by Gasteiger charge is 2.16. The van der Waals surface area contributed by atoms with Crippen LogP contribution in [0.15, 0.2) is 18.2 Å². The van der Waals surface area contributed by atoms with Crippen molar-refractivity contribution in [2.45, 2.75) is 6.92 Å². The molecular weight excluding hydrogens is 250 g/mol. The van der Waals surface area contributed by atoms with Crippen molar-refractivity contribution in [1.29, 1.82) is 5.26 Å². The predicted molar refractivity (Wildman–Crippen MR) is 69.7 cm³/mol. The molecule has 2 rings (SSSR count). The Morgan fingerprint density at radius 3 is 2.72 bits per heavy atom. The average Bonchev–Trinajstić information content (AvgIpc) is 2.65. The van der Waals surface area contributed by atoms with E-state index >= 15 is 0 Å². The van der Waals surface area contributed by atoms with E-state index in [1.165, 1.54) is 0 Å². The lowest BCUT2D eigenvalue weighted by Gasteiger charge is -2.05. The molecule has 1 heterocycles. The molecule has 0 saturated heterocycles. The third-order valence-corrected chi connectivity index (χ3v) is 3.17. The minimum absolute atomic E-state index is 0.500. The molecule has 1 aromatic carbocycles. The van der Waals surface area contributed by atoms with Crippen molar-refractivity contribution in [3.05, 3.63) is 34.7 Å². The van der Waals surface area contributed by atoms with Gasteiger partial charge in [-0.05, 0) is 25.1 Å². The van der Waals surface area contributed by atoms with Gasteiger partial charge in [-0.1, -0.05) is 11.6 Å². The Kier molecular flexibility index (Phi) is 3.26. The Bertz CT molecular complexity index is 640. The third kappa shape index (κ3) is 1.93. The summed E-state index contributed by atoms with van der Waals surface area (Å²) in [6.07, 6.45) is 0. The number of imidazole rings is 1. The normalized spacial score (nSPS) is 10.2. The van der Waals surface area contributed by atoms with Gasteiger partial charge in [0, 0.05) is 12.6 Å². The highest BCUT2D eigenvalue weighted by atomic mass is 35.5. The van der Waals surface area contributed by atoms with Gasteiger partial charge in [0.15, 0.2) is 0 Å². The molecule has 0 spiro atoms. The van der Waals surface area contributed by atoms with E-state index in [9.17, 15) is 5.26 Å². The predicted octanol–water partition coefficient (Wildman–Crippen LogP) is 2.93. The minimum Gasteiger partial charge on any atom is -0.497 e. The molecule has 0 aliphatic heterocycles. The summed E-state index contributed by atoms with van der Waals surface area (Å²) in [6.45, 7) is 1.85. The van der Waals surface area contributed by atoms with Crippen LogP contribution in [0.4, 0.5) is 0 Å². The number of methoxy groups -OCH3 is 1. The molecule has 0 unspecified atom stereocenters. The number of nitrogens with zero attached hydrogens (tertiary/aromatic N) is 3. The maximum absolute atomic E-state index is 9.19. The molecule has 2 aromatic rings. The molecule has 0 bridgehead atoms. The Labute approximate surface area is 110 Å². The zero-order valence-electron chi connectivity index (χ0n) is 10.4. The molecule has 0 amide bonds. The molecule has 0 N–H and O–H groups in total. The Balaban J connectivity index is 2.63. The van der Waals surface area contributed by atoms with E-state index in [4.69, 9.17) is 16.3 Å². The van der Waals surface area contributed by atoms with Crippen LogP contribution < -0.4 is 4.74 Å². The summed E-state index contributed by atoms with van der Waals surface area (Å²) in [6, 6.07) is 7.47. The van der Waals surface area contributed by atoms with Crippen LogP contribution in [0.2, 0.25) is 5.02 Å². The maximum Gasteiger partial charge on any atom is 0.148 e. The van der Waals surface area contributed by atoms with Crippen molar-refractivity contribution >= 4 is 11.6 Å². The van der Waals surface area contributed by atoms with Gasteiger partial charge < -0.3 is 9.30 Å². The van der Waals surface area contributed by atoms with Crippen molar-refractivity contribution in [2.24, 2.45) is 7.05 Å². The van der Waals surface area contributed by atoms with Gasteiger partial charge in [0.05, 0.1) is 12.1 Å². The molecule has 4 nitrogen and oxygen atoms in total. The van der Waals surface area contributed by atoms with E-state index in [2.05, 4.69) is 11.1 Å². The monoisotopic (exact) mass is 261 g/mol. The smallest absolute Gasteiger partial charge is 0.148 e. The molecule has 0 fully saturated rings. The third-order valence-electron chi connectivity index (χ3n) is 2.86. The molecule has 0 atom stereocenters. The topological polar surface area (TPSA) is 50.8 Å². The molecule has 1 aromatic heterocycles. The first kappa shape index (κ1) is 12.5. The molecule has 0 saturated carbocycles. The van der Waals surface area contributed by atoms with E-state index in [0.717, 1.165) is 11.4 Å². The van der Waals surface area contributed by atoms with Gasteiger partial charge in [-0.15, -0.1) is 0 Å². The number of nitriles is 1. The van der Waals surface area contributed by atoms with Crippen LogP contribution in [0.1, 0.15) is 11.5 Å². The largest absolute Gasteiger partial charge is 0.497 e. The number of aromatic nitrogens is 2. The number of ether oxygens (including phenoxy) is 1. The summed E-state index contributed by atoms with van der Waals surface area (Å²) in [5.41, 5.74) is 1.84. The molecule has 92 valence electrons. The van der Waals surface area contributed by atoms with Crippen LogP contribution in [0.5, 0.6) is 5.75 Å². The number of hydrogen-bond acceptors (Lipinski definition) is 3. The van der Waals surface area contributed by atoms with Gasteiger partial charge in [0.1, 0.15) is 29.0 Å². The molecular formula is C13H12ClN3O. The number of hydrogen-bond donors (Lipinski definition) is 0. The van der Waals surface area contributed by atoms with Gasteiger partial charge >= 0.3 is 0 Å². The zero-order valence-corrected chi connectivity index (χ0v) is 11.1. The van der Waals surface area contributed by atoms with E-state index in [-0.39, 0.29) is 0 Å². The molecule has 0 aliphatic carbocycles. The number of halogens is 1. The highest BCUT2D eigenvalue weighted by molar-refractivity contribution is 6.33. The fourth-order valence-electron chi connectivity index (χ4n) is 1.74. The lowest BCUT2D eigenvalue weighted by molar-refractivity contribution is 0.415. The lowest BCUT2D eigenvalue weighted by Crippen LogP contribution is -1.94. The standard InChI is InChI=1S/C13H12ClN3O/c1-8-16-13(12(7-15)17(8)2)10-5-4-9(18-3)6-11(10)14/h4-6H,1-3H3. The van der Waals surface area contributed by atoms with Crippen molar-refractivity contribution in [3.63, 3.8) is 0 Å². The Hall–Kier alpha value is -1.99. The van der Waals surface area contributed by atoms with Crippen LogP contribution >= 0.6 is 11.6 Å². The van der Waals surface area contributed by atoms with Crippen LogP contribution in [0.3, 0.4) is 0 Å². The summed E-state index contributed by atoms with van der Waals surface area (Å²) in [4.78, 5) is 4.38. The quantitative estimate of drug-likeness (QED) is 0.835.